The highest BCUT2D eigenvalue weighted by molar-refractivity contribution is 8.00. The number of para-hydroxylation sites is 1. The zero-order valence-corrected chi connectivity index (χ0v) is 17.3. The third-order valence-corrected chi connectivity index (χ3v) is 7.49. The van der Waals surface area contributed by atoms with Crippen LogP contribution in [0.1, 0.15) is 0 Å². The molecule has 0 N–H and O–H groups in total. The molecule has 0 spiro atoms. The first kappa shape index (κ1) is 19.6. The van der Waals surface area contributed by atoms with Gasteiger partial charge in [-0.2, -0.15) is 0 Å². The van der Waals surface area contributed by atoms with Crippen molar-refractivity contribution in [1.29, 1.82) is 0 Å². The van der Waals surface area contributed by atoms with Crippen molar-refractivity contribution in [2.45, 2.75) is 9.79 Å². The van der Waals surface area contributed by atoms with E-state index in [2.05, 4.69) is 0 Å². The predicted octanol–water partition coefficient (Wildman–Crippen LogP) is 6.20. The molecule has 4 aromatic rings. The Kier molecular flexibility index (Phi) is 5.88. The second-order valence-corrected chi connectivity index (χ2v) is 9.84. The number of thioether (sulfide) groups is 1. The van der Waals surface area contributed by atoms with E-state index in [4.69, 9.17) is 4.74 Å². The van der Waals surface area contributed by atoms with Crippen molar-refractivity contribution in [3.8, 4) is 11.5 Å². The summed E-state index contributed by atoms with van der Waals surface area (Å²) in [5, 5.41) is 1.98. The smallest absolute Gasteiger partial charge is 0.179 e. The molecule has 0 aromatic heterocycles. The van der Waals surface area contributed by atoms with Gasteiger partial charge in [-0.15, -0.1) is 11.8 Å². The molecule has 0 aliphatic heterocycles. The molecule has 0 aliphatic carbocycles. The summed E-state index contributed by atoms with van der Waals surface area (Å²) >= 11 is 1.53. The summed E-state index contributed by atoms with van der Waals surface area (Å²) in [5.74, 6) is 2.13. The summed E-state index contributed by atoms with van der Waals surface area (Å²) in [6, 6.07) is 30.4. The summed E-state index contributed by atoms with van der Waals surface area (Å²) in [4.78, 5) is 1.39. The first-order valence-electron chi connectivity index (χ1n) is 9.27. The van der Waals surface area contributed by atoms with Crippen molar-refractivity contribution in [3.63, 3.8) is 0 Å². The highest BCUT2D eigenvalue weighted by atomic mass is 32.2. The van der Waals surface area contributed by atoms with Crippen LogP contribution in [0.25, 0.3) is 10.8 Å². The zero-order chi connectivity index (χ0) is 20.1. The van der Waals surface area contributed by atoms with Gasteiger partial charge in [0.05, 0.1) is 10.6 Å². The van der Waals surface area contributed by atoms with Gasteiger partial charge in [-0.05, 0) is 59.3 Å². The predicted molar refractivity (Wildman–Crippen MR) is 120 cm³/mol. The van der Waals surface area contributed by atoms with Crippen LogP contribution in [-0.2, 0) is 9.84 Å². The van der Waals surface area contributed by atoms with Crippen molar-refractivity contribution in [2.24, 2.45) is 0 Å². The van der Waals surface area contributed by atoms with Gasteiger partial charge in [0.2, 0.25) is 0 Å². The Morgan fingerprint density at radius 1 is 0.690 bits per heavy atom. The fourth-order valence-electron chi connectivity index (χ4n) is 2.98. The first-order valence-corrected chi connectivity index (χ1v) is 11.9. The number of sulfone groups is 1. The number of ether oxygens (including phenoxy) is 1. The third-order valence-electron chi connectivity index (χ3n) is 4.50. The Balaban J connectivity index is 1.36. The van der Waals surface area contributed by atoms with Gasteiger partial charge in [0, 0.05) is 10.6 Å². The Morgan fingerprint density at radius 3 is 2.10 bits per heavy atom. The maximum absolute atomic E-state index is 12.7. The highest BCUT2D eigenvalue weighted by Gasteiger charge is 2.15. The van der Waals surface area contributed by atoms with E-state index in [0.717, 1.165) is 27.2 Å². The van der Waals surface area contributed by atoms with Gasteiger partial charge >= 0.3 is 0 Å². The van der Waals surface area contributed by atoms with E-state index in [-0.39, 0.29) is 5.75 Å². The lowest BCUT2D eigenvalue weighted by molar-refractivity contribution is 0.482. The van der Waals surface area contributed by atoms with Crippen LogP contribution in [0.15, 0.2) is 107 Å². The minimum atomic E-state index is -3.32. The molecule has 29 heavy (non-hydrogen) atoms. The Hall–Kier alpha value is -2.76. The third kappa shape index (κ3) is 5.00. The molecule has 0 amide bonds. The second kappa shape index (κ2) is 8.72. The molecule has 0 aliphatic rings. The van der Waals surface area contributed by atoms with Crippen LogP contribution >= 0.6 is 11.8 Å². The first-order chi connectivity index (χ1) is 14.1. The van der Waals surface area contributed by atoms with Crippen LogP contribution < -0.4 is 4.74 Å². The molecule has 5 heteroatoms. The van der Waals surface area contributed by atoms with Crippen molar-refractivity contribution in [1.82, 2.24) is 0 Å². The van der Waals surface area contributed by atoms with E-state index in [1.165, 1.54) is 11.8 Å². The Morgan fingerprint density at radius 2 is 1.34 bits per heavy atom. The quantitative estimate of drug-likeness (QED) is 0.334. The molecule has 4 aromatic carbocycles. The molecule has 0 fully saturated rings. The Bertz CT molecular complexity index is 1200. The molecule has 0 heterocycles. The second-order valence-electron chi connectivity index (χ2n) is 6.56. The fourth-order valence-corrected chi connectivity index (χ4v) is 5.57. The zero-order valence-electron chi connectivity index (χ0n) is 15.7. The largest absolute Gasteiger partial charge is 0.457 e. The number of hydrogen-bond donors (Lipinski definition) is 0. The fraction of sp³-hybridized carbons (Fsp3) is 0.0833. The van der Waals surface area contributed by atoms with Crippen LogP contribution in [0.5, 0.6) is 11.5 Å². The molecule has 0 saturated heterocycles. The molecule has 0 unspecified atom stereocenters. The number of rotatable bonds is 7. The molecule has 0 radical (unpaired) electrons. The lowest BCUT2D eigenvalue weighted by atomic mass is 10.1. The molecule has 3 nitrogen and oxygen atoms in total. The van der Waals surface area contributed by atoms with E-state index in [0.29, 0.717) is 10.6 Å². The molecule has 146 valence electrons. The van der Waals surface area contributed by atoms with Crippen LogP contribution in [-0.4, -0.2) is 19.9 Å². The van der Waals surface area contributed by atoms with E-state index in [9.17, 15) is 8.42 Å². The van der Waals surface area contributed by atoms with Crippen molar-refractivity contribution in [2.75, 3.05) is 11.5 Å². The SMILES string of the molecule is O=S(=O)(CCSc1ccc(Oc2ccccc2)cc1)c1ccc2ccccc2c1. The summed E-state index contributed by atoms with van der Waals surface area (Å²) < 4.78 is 31.2. The molecular formula is C24H20O3S2. The standard InChI is InChI=1S/C24H20O3S2/c25-29(26,24-15-10-19-6-4-5-7-20(19)18-24)17-16-28-23-13-11-22(12-14-23)27-21-8-2-1-3-9-21/h1-15,18H,16-17H2. The van der Waals surface area contributed by atoms with Crippen LogP contribution in [0.2, 0.25) is 0 Å². The van der Waals surface area contributed by atoms with Gasteiger partial charge in [0.1, 0.15) is 11.5 Å². The Labute approximate surface area is 175 Å². The van der Waals surface area contributed by atoms with Gasteiger partial charge in [-0.25, -0.2) is 8.42 Å². The van der Waals surface area contributed by atoms with Gasteiger partial charge in [0.25, 0.3) is 0 Å². The van der Waals surface area contributed by atoms with Gasteiger partial charge < -0.3 is 4.74 Å². The van der Waals surface area contributed by atoms with Crippen molar-refractivity contribution in [3.05, 3.63) is 97.1 Å². The summed E-state index contributed by atoms with van der Waals surface area (Å²) in [6.07, 6.45) is 0. The number of hydrogen-bond acceptors (Lipinski definition) is 4. The maximum Gasteiger partial charge on any atom is 0.179 e. The van der Waals surface area contributed by atoms with E-state index < -0.39 is 9.84 Å². The number of fused-ring (bicyclic) bond motifs is 1. The molecule has 0 atom stereocenters. The van der Waals surface area contributed by atoms with Crippen molar-refractivity contribution >= 4 is 32.4 Å². The number of benzene rings is 4. The lowest BCUT2D eigenvalue weighted by Crippen LogP contribution is -2.08. The summed E-state index contributed by atoms with van der Waals surface area (Å²) in [6.45, 7) is 0. The lowest BCUT2D eigenvalue weighted by Gasteiger charge is -2.08. The average molecular weight is 421 g/mol. The van der Waals surface area contributed by atoms with E-state index in [1.54, 1.807) is 12.1 Å². The minimum absolute atomic E-state index is 0.0955. The monoisotopic (exact) mass is 420 g/mol. The normalized spacial score (nSPS) is 11.4. The van der Waals surface area contributed by atoms with Crippen LogP contribution in [0.4, 0.5) is 0 Å². The average Bonchev–Trinajstić information content (AvgIpc) is 2.75. The van der Waals surface area contributed by atoms with E-state index in [1.807, 2.05) is 84.9 Å². The van der Waals surface area contributed by atoms with Crippen LogP contribution in [0, 0.1) is 0 Å². The molecular weight excluding hydrogens is 400 g/mol. The maximum atomic E-state index is 12.7. The van der Waals surface area contributed by atoms with Gasteiger partial charge in [-0.1, -0.05) is 48.5 Å². The van der Waals surface area contributed by atoms with Crippen molar-refractivity contribution < 1.29 is 13.2 Å². The molecule has 0 saturated carbocycles. The minimum Gasteiger partial charge on any atom is -0.457 e. The van der Waals surface area contributed by atoms with Crippen LogP contribution in [0.3, 0.4) is 0 Å². The topological polar surface area (TPSA) is 43.4 Å². The van der Waals surface area contributed by atoms with Gasteiger partial charge in [-0.3, -0.25) is 0 Å². The summed E-state index contributed by atoms with van der Waals surface area (Å²) in [5.41, 5.74) is 0. The molecule has 4 rings (SSSR count). The van der Waals surface area contributed by atoms with E-state index >= 15 is 0 Å². The summed E-state index contributed by atoms with van der Waals surface area (Å²) in [7, 11) is -3.32. The molecule has 0 bridgehead atoms. The highest BCUT2D eigenvalue weighted by Crippen LogP contribution is 2.26. The van der Waals surface area contributed by atoms with Gasteiger partial charge in [0.15, 0.2) is 9.84 Å².